The zero-order chi connectivity index (χ0) is 25.5. The van der Waals surface area contributed by atoms with Gasteiger partial charge in [-0.1, -0.05) is 55.5 Å². The lowest BCUT2D eigenvalue weighted by Gasteiger charge is -2.22. The lowest BCUT2D eigenvalue weighted by molar-refractivity contribution is -0.150. The first-order chi connectivity index (χ1) is 17.4. The number of pyridine rings is 1. The second-order valence-corrected chi connectivity index (χ2v) is 9.44. The van der Waals surface area contributed by atoms with Gasteiger partial charge in [-0.15, -0.1) is 0 Å². The van der Waals surface area contributed by atoms with Gasteiger partial charge in [-0.3, -0.25) is 24.7 Å². The second-order valence-electron chi connectivity index (χ2n) is 8.17. The zero-order valence-corrected chi connectivity index (χ0v) is 20.4. The van der Waals surface area contributed by atoms with Crippen molar-refractivity contribution in [2.45, 2.75) is 31.1 Å². The van der Waals surface area contributed by atoms with Crippen LogP contribution < -0.4 is 10.1 Å². The first-order valence-electron chi connectivity index (χ1n) is 11.3. The van der Waals surface area contributed by atoms with Gasteiger partial charge >= 0.3 is 5.97 Å². The molecule has 1 atom stereocenters. The van der Waals surface area contributed by atoms with Gasteiger partial charge in [0, 0.05) is 12.6 Å². The van der Waals surface area contributed by atoms with Crippen LogP contribution in [0, 0.1) is 0 Å². The largest absolute Gasteiger partial charge is 0.485 e. The molecule has 1 N–H and O–H groups in total. The number of nitrogens with one attached hydrogen (secondary N) is 1. The van der Waals surface area contributed by atoms with E-state index in [0.29, 0.717) is 28.8 Å². The van der Waals surface area contributed by atoms with E-state index in [0.717, 1.165) is 17.5 Å². The summed E-state index contributed by atoms with van der Waals surface area (Å²) in [6.07, 6.45) is 2.46. The SMILES string of the molecule is CCc1ccc(C(=O)COc2ccc(C[C@]3(C(=O)OCc4ccccc4)SC(=O)NC3=O)cc2)nc1. The molecule has 0 spiro atoms. The smallest absolute Gasteiger partial charge is 0.333 e. The Labute approximate surface area is 212 Å². The van der Waals surface area contributed by atoms with Crippen LogP contribution in [-0.2, 0) is 33.8 Å². The fraction of sp³-hybridized carbons (Fsp3) is 0.222. The van der Waals surface area contributed by atoms with Gasteiger partial charge in [0.05, 0.1) is 0 Å². The third-order valence-electron chi connectivity index (χ3n) is 5.66. The number of benzene rings is 2. The number of hydrogen-bond donors (Lipinski definition) is 1. The molecule has 0 saturated carbocycles. The molecule has 1 aromatic heterocycles. The van der Waals surface area contributed by atoms with E-state index in [9.17, 15) is 19.2 Å². The van der Waals surface area contributed by atoms with Crippen LogP contribution in [0.3, 0.4) is 0 Å². The molecule has 0 radical (unpaired) electrons. The van der Waals surface area contributed by atoms with Gasteiger partial charge in [0.1, 0.15) is 18.1 Å². The molecule has 2 aromatic carbocycles. The third kappa shape index (κ3) is 5.80. The predicted molar refractivity (Wildman–Crippen MR) is 134 cm³/mol. The van der Waals surface area contributed by atoms with Crippen molar-refractivity contribution in [2.24, 2.45) is 0 Å². The zero-order valence-electron chi connectivity index (χ0n) is 19.6. The van der Waals surface area contributed by atoms with E-state index in [4.69, 9.17) is 9.47 Å². The van der Waals surface area contributed by atoms with E-state index in [1.807, 2.05) is 31.2 Å². The Morgan fingerprint density at radius 2 is 1.67 bits per heavy atom. The van der Waals surface area contributed by atoms with Gasteiger partial charge < -0.3 is 9.47 Å². The number of hydrogen-bond acceptors (Lipinski definition) is 8. The van der Waals surface area contributed by atoms with Crippen molar-refractivity contribution < 1.29 is 28.7 Å². The van der Waals surface area contributed by atoms with E-state index < -0.39 is 21.9 Å². The second kappa shape index (κ2) is 11.2. The van der Waals surface area contributed by atoms with Crippen LogP contribution in [0.25, 0.3) is 0 Å². The maximum Gasteiger partial charge on any atom is 0.333 e. The van der Waals surface area contributed by atoms with Crippen LogP contribution in [0.4, 0.5) is 4.79 Å². The van der Waals surface area contributed by atoms with Crippen LogP contribution in [-0.4, -0.2) is 39.2 Å². The summed E-state index contributed by atoms with van der Waals surface area (Å²) in [5, 5.41) is 1.59. The Bertz CT molecular complexity index is 1260. The van der Waals surface area contributed by atoms with E-state index in [1.165, 1.54) is 0 Å². The maximum absolute atomic E-state index is 13.0. The Morgan fingerprint density at radius 1 is 0.944 bits per heavy atom. The summed E-state index contributed by atoms with van der Waals surface area (Å²) in [6.45, 7) is 1.82. The number of Topliss-reactive ketones (excluding diaryl/α,β-unsaturated/α-hetero) is 1. The van der Waals surface area contributed by atoms with Gasteiger partial charge in [0.2, 0.25) is 10.5 Å². The predicted octanol–water partition coefficient (Wildman–Crippen LogP) is 3.91. The first-order valence-corrected chi connectivity index (χ1v) is 12.2. The molecule has 0 aliphatic carbocycles. The Morgan fingerprint density at radius 3 is 2.28 bits per heavy atom. The number of ketones is 1. The molecule has 1 saturated heterocycles. The van der Waals surface area contributed by atoms with E-state index in [1.54, 1.807) is 48.7 Å². The van der Waals surface area contributed by atoms with Gasteiger partial charge in [0.25, 0.3) is 11.1 Å². The lowest BCUT2D eigenvalue weighted by atomic mass is 9.97. The summed E-state index contributed by atoms with van der Waals surface area (Å²) in [5.41, 5.74) is 2.76. The molecule has 1 aliphatic rings. The highest BCUT2D eigenvalue weighted by Gasteiger charge is 2.55. The topological polar surface area (TPSA) is 112 Å². The monoisotopic (exact) mass is 504 g/mol. The van der Waals surface area contributed by atoms with E-state index in [2.05, 4.69) is 10.3 Å². The molecule has 0 unspecified atom stereocenters. The van der Waals surface area contributed by atoms with Crippen molar-refractivity contribution in [3.05, 3.63) is 95.3 Å². The Kier molecular flexibility index (Phi) is 7.80. The standard InChI is InChI=1S/C27H24N2O6S/c1-2-18-10-13-22(28-15-18)23(30)17-34-21-11-8-19(9-12-21)14-27(24(31)29-26(33)36-27)25(32)35-16-20-6-4-3-5-7-20/h3-13,15H,2,14,16-17H2,1H3,(H,29,31,33)/t27-/m0/s1. The number of carbonyl (C=O) groups excluding carboxylic acids is 4. The summed E-state index contributed by atoms with van der Waals surface area (Å²) in [6, 6.07) is 19.2. The number of amides is 2. The first kappa shape index (κ1) is 25.1. The number of esters is 1. The molecular weight excluding hydrogens is 480 g/mol. The average molecular weight is 505 g/mol. The van der Waals surface area contributed by atoms with Crippen molar-refractivity contribution in [3.63, 3.8) is 0 Å². The normalized spacial score (nSPS) is 16.9. The van der Waals surface area contributed by atoms with E-state index >= 15 is 0 Å². The van der Waals surface area contributed by atoms with Crippen LogP contribution in [0.15, 0.2) is 72.9 Å². The summed E-state index contributed by atoms with van der Waals surface area (Å²) in [5.74, 6) is -1.30. The van der Waals surface area contributed by atoms with Gasteiger partial charge in [-0.05, 0) is 53.1 Å². The number of imide groups is 1. The van der Waals surface area contributed by atoms with Gasteiger partial charge in [0.15, 0.2) is 6.61 Å². The Hall–Kier alpha value is -3.98. The summed E-state index contributed by atoms with van der Waals surface area (Å²) < 4.78 is 9.27. The summed E-state index contributed by atoms with van der Waals surface area (Å²) >= 11 is 0.621. The van der Waals surface area contributed by atoms with Gasteiger partial charge in [-0.25, -0.2) is 4.79 Å². The van der Waals surface area contributed by atoms with E-state index in [-0.39, 0.29) is 25.4 Å². The molecule has 36 heavy (non-hydrogen) atoms. The number of aryl methyl sites for hydroxylation is 1. The summed E-state index contributed by atoms with van der Waals surface area (Å²) in [7, 11) is 0. The van der Waals surface area contributed by atoms with Crippen molar-refractivity contribution >= 4 is 34.7 Å². The van der Waals surface area contributed by atoms with Crippen LogP contribution in [0.2, 0.25) is 0 Å². The minimum Gasteiger partial charge on any atom is -0.485 e. The number of aromatic nitrogens is 1. The molecular formula is C27H24N2O6S. The molecule has 3 aromatic rings. The van der Waals surface area contributed by atoms with Crippen molar-refractivity contribution in [2.75, 3.05) is 6.61 Å². The van der Waals surface area contributed by atoms with Crippen molar-refractivity contribution in [3.8, 4) is 5.75 Å². The number of thioether (sulfide) groups is 1. The molecule has 4 rings (SSSR count). The molecule has 8 nitrogen and oxygen atoms in total. The molecule has 1 aliphatic heterocycles. The number of carbonyl (C=O) groups is 4. The van der Waals surface area contributed by atoms with Crippen LogP contribution in [0.5, 0.6) is 5.75 Å². The lowest BCUT2D eigenvalue weighted by Crippen LogP contribution is -2.46. The fourth-order valence-electron chi connectivity index (χ4n) is 3.60. The molecule has 1 fully saturated rings. The molecule has 184 valence electrons. The average Bonchev–Trinajstić information content (AvgIpc) is 3.20. The number of rotatable bonds is 10. The highest BCUT2D eigenvalue weighted by molar-refractivity contribution is 8.16. The van der Waals surface area contributed by atoms with Crippen molar-refractivity contribution in [1.82, 2.24) is 10.3 Å². The Balaban J connectivity index is 1.40. The maximum atomic E-state index is 13.0. The highest BCUT2D eigenvalue weighted by atomic mass is 32.2. The minimum atomic E-state index is -1.72. The number of nitrogens with zero attached hydrogens (tertiary/aromatic N) is 1. The number of ether oxygens (including phenoxy) is 2. The molecule has 2 heterocycles. The van der Waals surface area contributed by atoms with Crippen LogP contribution >= 0.6 is 11.8 Å². The minimum absolute atomic E-state index is 0.0136. The fourth-order valence-corrected chi connectivity index (χ4v) is 4.58. The molecule has 0 bridgehead atoms. The molecule has 9 heteroatoms. The van der Waals surface area contributed by atoms with Gasteiger partial charge in [-0.2, -0.15) is 0 Å². The molecule has 2 amide bonds. The van der Waals surface area contributed by atoms with Crippen molar-refractivity contribution in [1.29, 1.82) is 0 Å². The summed E-state index contributed by atoms with van der Waals surface area (Å²) in [4.78, 5) is 54.1. The quantitative estimate of drug-likeness (QED) is 0.251. The highest BCUT2D eigenvalue weighted by Crippen LogP contribution is 2.37. The van der Waals surface area contributed by atoms with Crippen LogP contribution in [0.1, 0.15) is 34.1 Å². The third-order valence-corrected chi connectivity index (χ3v) is 6.79.